The van der Waals surface area contributed by atoms with Crippen LogP contribution in [0.5, 0.6) is 11.5 Å². The molecule has 2 rings (SSSR count). The molecule has 1 aromatic carbocycles. The molecule has 0 aliphatic carbocycles. The zero-order valence-electron chi connectivity index (χ0n) is 12.8. The minimum absolute atomic E-state index is 0.232. The number of hydrogen-bond donors (Lipinski definition) is 1. The van der Waals surface area contributed by atoms with E-state index < -0.39 is 11.9 Å². The van der Waals surface area contributed by atoms with Gasteiger partial charge < -0.3 is 14.8 Å². The first-order chi connectivity index (χ1) is 10.8. The number of ether oxygens (including phenoxy) is 2. The summed E-state index contributed by atoms with van der Waals surface area (Å²) in [6.07, 6.45) is -4.51. The van der Waals surface area contributed by atoms with Crippen molar-refractivity contribution in [3.05, 3.63) is 41.6 Å². The lowest BCUT2D eigenvalue weighted by Crippen LogP contribution is -2.13. The number of nitrogens with zero attached hydrogens (tertiary/aromatic N) is 2. The number of benzene rings is 1. The normalized spacial score (nSPS) is 12.6. The summed E-state index contributed by atoms with van der Waals surface area (Å²) < 4.78 is 47.9. The fourth-order valence-corrected chi connectivity index (χ4v) is 2.04. The van der Waals surface area contributed by atoms with Gasteiger partial charge >= 0.3 is 6.18 Å². The number of rotatable bonds is 5. The largest absolute Gasteiger partial charge is 0.497 e. The van der Waals surface area contributed by atoms with Crippen molar-refractivity contribution in [1.82, 2.24) is 10.2 Å². The second kappa shape index (κ2) is 6.72. The first-order valence-corrected chi connectivity index (χ1v) is 6.74. The molecule has 8 heteroatoms. The predicted molar refractivity (Wildman–Crippen MR) is 78.6 cm³/mol. The van der Waals surface area contributed by atoms with Gasteiger partial charge in [0.05, 0.1) is 20.3 Å². The summed E-state index contributed by atoms with van der Waals surface area (Å²) in [5.41, 5.74) is -0.247. The van der Waals surface area contributed by atoms with E-state index in [1.807, 2.05) is 6.92 Å². The van der Waals surface area contributed by atoms with Gasteiger partial charge in [0.15, 0.2) is 5.69 Å². The lowest BCUT2D eigenvalue weighted by Gasteiger charge is -2.18. The molecule has 0 fully saturated rings. The van der Waals surface area contributed by atoms with Crippen LogP contribution >= 0.6 is 0 Å². The van der Waals surface area contributed by atoms with Gasteiger partial charge in [0.25, 0.3) is 0 Å². The summed E-state index contributed by atoms with van der Waals surface area (Å²) in [6, 6.07) is 7.14. The molecule has 0 amide bonds. The van der Waals surface area contributed by atoms with Gasteiger partial charge in [0.2, 0.25) is 0 Å². The van der Waals surface area contributed by atoms with Gasteiger partial charge in [-0.15, -0.1) is 10.2 Å². The van der Waals surface area contributed by atoms with Crippen LogP contribution in [-0.2, 0) is 6.18 Å². The van der Waals surface area contributed by atoms with Gasteiger partial charge in [0, 0.05) is 5.56 Å². The Morgan fingerprint density at radius 2 is 1.78 bits per heavy atom. The van der Waals surface area contributed by atoms with Crippen LogP contribution in [0.2, 0.25) is 0 Å². The van der Waals surface area contributed by atoms with Gasteiger partial charge in [-0.05, 0) is 37.3 Å². The van der Waals surface area contributed by atoms with Gasteiger partial charge in [-0.2, -0.15) is 13.2 Å². The topological polar surface area (TPSA) is 56.3 Å². The molecular formula is C15H16F3N3O2. The van der Waals surface area contributed by atoms with Crippen LogP contribution in [-0.4, -0.2) is 24.4 Å². The molecule has 2 aromatic rings. The lowest BCUT2D eigenvalue weighted by atomic mass is 10.1. The van der Waals surface area contributed by atoms with E-state index in [2.05, 4.69) is 15.5 Å². The van der Waals surface area contributed by atoms with Crippen LogP contribution in [0.1, 0.15) is 24.2 Å². The zero-order chi connectivity index (χ0) is 17.0. The second-order valence-electron chi connectivity index (χ2n) is 4.78. The van der Waals surface area contributed by atoms with E-state index in [0.29, 0.717) is 11.5 Å². The van der Waals surface area contributed by atoms with Crippen LogP contribution in [0, 0.1) is 0 Å². The molecule has 5 nitrogen and oxygen atoms in total. The Morgan fingerprint density at radius 1 is 1.04 bits per heavy atom. The van der Waals surface area contributed by atoms with Crippen LogP contribution in [0.3, 0.4) is 0 Å². The third-order valence-electron chi connectivity index (χ3n) is 3.22. The van der Waals surface area contributed by atoms with Crippen LogP contribution in [0.4, 0.5) is 19.0 Å². The summed E-state index contributed by atoms with van der Waals surface area (Å²) in [5, 5.41) is 9.72. The number of anilines is 1. The third kappa shape index (κ3) is 4.02. The maximum Gasteiger partial charge on any atom is 0.435 e. The molecule has 1 unspecified atom stereocenters. The Bertz CT molecular complexity index is 660. The van der Waals surface area contributed by atoms with E-state index in [9.17, 15) is 13.2 Å². The van der Waals surface area contributed by atoms with E-state index in [0.717, 1.165) is 11.6 Å². The Morgan fingerprint density at radius 3 is 2.30 bits per heavy atom. The summed E-state index contributed by atoms with van der Waals surface area (Å²) in [4.78, 5) is 0. The van der Waals surface area contributed by atoms with Crippen molar-refractivity contribution in [3.63, 3.8) is 0 Å². The first-order valence-electron chi connectivity index (χ1n) is 6.74. The minimum atomic E-state index is -4.51. The summed E-state index contributed by atoms with van der Waals surface area (Å²) in [5.74, 6) is 1.51. The highest BCUT2D eigenvalue weighted by atomic mass is 19.4. The summed E-state index contributed by atoms with van der Waals surface area (Å²) >= 11 is 0. The van der Waals surface area contributed by atoms with Crippen LogP contribution < -0.4 is 14.8 Å². The number of hydrogen-bond acceptors (Lipinski definition) is 5. The molecule has 0 bridgehead atoms. The SMILES string of the molecule is COc1ccc(OC)c(C(C)Nc2ccc(C(F)(F)F)nn2)c1. The molecule has 0 aliphatic heterocycles. The second-order valence-corrected chi connectivity index (χ2v) is 4.78. The maximum absolute atomic E-state index is 12.5. The molecule has 0 saturated heterocycles. The fourth-order valence-electron chi connectivity index (χ4n) is 2.04. The van der Waals surface area contributed by atoms with Crippen LogP contribution in [0.15, 0.2) is 30.3 Å². The monoisotopic (exact) mass is 327 g/mol. The third-order valence-corrected chi connectivity index (χ3v) is 3.22. The van der Waals surface area contributed by atoms with Crippen molar-refractivity contribution in [3.8, 4) is 11.5 Å². The Balaban J connectivity index is 2.20. The number of aromatic nitrogens is 2. The molecule has 0 aliphatic rings. The predicted octanol–water partition coefficient (Wildman–Crippen LogP) is 3.69. The Hall–Kier alpha value is -2.51. The molecule has 1 heterocycles. The van der Waals surface area contributed by atoms with Crippen molar-refractivity contribution in [2.75, 3.05) is 19.5 Å². The smallest absolute Gasteiger partial charge is 0.435 e. The molecule has 0 saturated carbocycles. The van der Waals surface area contributed by atoms with E-state index in [1.54, 1.807) is 25.3 Å². The van der Waals surface area contributed by atoms with Gasteiger partial charge in [0.1, 0.15) is 17.3 Å². The van der Waals surface area contributed by atoms with E-state index in [1.165, 1.54) is 13.2 Å². The van der Waals surface area contributed by atoms with Crippen molar-refractivity contribution < 1.29 is 22.6 Å². The highest BCUT2D eigenvalue weighted by Gasteiger charge is 2.32. The number of methoxy groups -OCH3 is 2. The number of nitrogens with one attached hydrogen (secondary N) is 1. The van der Waals surface area contributed by atoms with Gasteiger partial charge in [-0.3, -0.25) is 0 Å². The number of alkyl halides is 3. The summed E-state index contributed by atoms with van der Waals surface area (Å²) in [6.45, 7) is 1.83. The molecule has 1 N–H and O–H groups in total. The molecule has 0 spiro atoms. The molecule has 124 valence electrons. The van der Waals surface area contributed by atoms with Gasteiger partial charge in [-0.25, -0.2) is 0 Å². The zero-order valence-corrected chi connectivity index (χ0v) is 12.8. The van der Waals surface area contributed by atoms with Crippen molar-refractivity contribution in [2.24, 2.45) is 0 Å². The fraction of sp³-hybridized carbons (Fsp3) is 0.333. The highest BCUT2D eigenvalue weighted by molar-refractivity contribution is 5.46. The van der Waals surface area contributed by atoms with E-state index >= 15 is 0 Å². The van der Waals surface area contributed by atoms with Crippen LogP contribution in [0.25, 0.3) is 0 Å². The summed E-state index contributed by atoms with van der Waals surface area (Å²) in [7, 11) is 3.08. The molecular weight excluding hydrogens is 311 g/mol. The minimum Gasteiger partial charge on any atom is -0.497 e. The van der Waals surface area contributed by atoms with E-state index in [4.69, 9.17) is 9.47 Å². The first kappa shape index (κ1) is 16.9. The standard InChI is InChI=1S/C15H16F3N3O2/c1-9(11-8-10(22-2)4-5-12(11)23-3)19-14-7-6-13(20-21-14)15(16,17)18/h4-9H,1-3H3,(H,19,21). The van der Waals surface area contributed by atoms with Crippen molar-refractivity contribution in [2.45, 2.75) is 19.1 Å². The number of halogens is 3. The van der Waals surface area contributed by atoms with E-state index in [-0.39, 0.29) is 11.9 Å². The average Bonchev–Trinajstić information content (AvgIpc) is 2.53. The highest BCUT2D eigenvalue weighted by Crippen LogP contribution is 2.31. The van der Waals surface area contributed by atoms with Crippen molar-refractivity contribution >= 4 is 5.82 Å². The average molecular weight is 327 g/mol. The molecule has 0 radical (unpaired) electrons. The maximum atomic E-state index is 12.5. The molecule has 23 heavy (non-hydrogen) atoms. The Kier molecular flexibility index (Phi) is 4.92. The molecule has 1 atom stereocenters. The lowest BCUT2D eigenvalue weighted by molar-refractivity contribution is -0.141. The molecule has 1 aromatic heterocycles. The van der Waals surface area contributed by atoms with Crippen molar-refractivity contribution in [1.29, 1.82) is 0 Å². The quantitative estimate of drug-likeness (QED) is 0.908. The Labute approximate surface area is 131 Å². The van der Waals surface area contributed by atoms with Gasteiger partial charge in [-0.1, -0.05) is 0 Å².